The van der Waals surface area contributed by atoms with Gasteiger partial charge in [0, 0.05) is 6.20 Å². The molecule has 3 rings (SSSR count). The molecule has 0 radical (unpaired) electrons. The lowest BCUT2D eigenvalue weighted by Crippen LogP contribution is -1.97. The fourth-order valence-corrected chi connectivity index (χ4v) is 1.90. The smallest absolute Gasteiger partial charge is 0.262 e. The Morgan fingerprint density at radius 3 is 2.86 bits per heavy atom. The van der Waals surface area contributed by atoms with Crippen molar-refractivity contribution in [2.75, 3.05) is 6.61 Å². The monoisotopic (exact) mass is 285 g/mol. The van der Waals surface area contributed by atoms with Gasteiger partial charge in [-0.2, -0.15) is 4.98 Å². The molecule has 5 nitrogen and oxygen atoms in total. The maximum atomic E-state index is 13.8. The molecule has 0 saturated heterocycles. The second-order valence-corrected chi connectivity index (χ2v) is 4.19. The van der Waals surface area contributed by atoms with Gasteiger partial charge >= 0.3 is 0 Å². The summed E-state index contributed by atoms with van der Waals surface area (Å²) in [5, 5.41) is 3.87. The van der Waals surface area contributed by atoms with Gasteiger partial charge in [-0.15, -0.1) is 0 Å². The number of ether oxygens (including phenoxy) is 1. The van der Waals surface area contributed by atoms with E-state index < -0.39 is 5.82 Å². The maximum Gasteiger partial charge on any atom is 0.262 e. The average molecular weight is 285 g/mol. The van der Waals surface area contributed by atoms with Crippen LogP contribution < -0.4 is 4.74 Å². The van der Waals surface area contributed by atoms with Gasteiger partial charge in [0.1, 0.15) is 5.69 Å². The summed E-state index contributed by atoms with van der Waals surface area (Å²) >= 11 is 0. The maximum absolute atomic E-state index is 13.8. The largest absolute Gasteiger partial charge is 0.490 e. The molecule has 0 bridgehead atoms. The van der Waals surface area contributed by atoms with E-state index in [0.717, 1.165) is 0 Å². The average Bonchev–Trinajstić information content (AvgIpc) is 3.00. The molecule has 2 heterocycles. The Bertz CT molecular complexity index is 744. The van der Waals surface area contributed by atoms with Crippen LogP contribution in [0.5, 0.6) is 5.75 Å². The Labute approximate surface area is 120 Å². The molecule has 106 valence electrons. The number of hydrogen-bond donors (Lipinski definition) is 0. The topological polar surface area (TPSA) is 61.0 Å². The predicted molar refractivity (Wildman–Crippen MR) is 74.1 cm³/mol. The summed E-state index contributed by atoms with van der Waals surface area (Å²) in [6.45, 7) is 2.12. The number of hydrogen-bond acceptors (Lipinski definition) is 5. The molecular weight excluding hydrogens is 273 g/mol. The summed E-state index contributed by atoms with van der Waals surface area (Å²) in [6, 6.07) is 9.95. The number of benzene rings is 1. The van der Waals surface area contributed by atoms with E-state index in [1.54, 1.807) is 37.4 Å². The van der Waals surface area contributed by atoms with Crippen LogP contribution in [-0.4, -0.2) is 21.7 Å². The molecule has 0 amide bonds. The summed E-state index contributed by atoms with van der Waals surface area (Å²) in [7, 11) is 0. The molecule has 3 aromatic rings. The molecule has 0 saturated carbocycles. The third kappa shape index (κ3) is 2.60. The standard InChI is InChI=1S/C15H12FN3O2/c1-2-20-13-10(6-5-7-11(13)16)15-18-14(19-21-15)12-8-3-4-9-17-12/h3-9H,2H2,1H3. The van der Waals surface area contributed by atoms with E-state index in [1.807, 2.05) is 6.07 Å². The van der Waals surface area contributed by atoms with Crippen molar-refractivity contribution in [1.29, 1.82) is 0 Å². The first-order valence-corrected chi connectivity index (χ1v) is 6.46. The third-order valence-corrected chi connectivity index (χ3v) is 2.81. The van der Waals surface area contributed by atoms with E-state index in [1.165, 1.54) is 6.07 Å². The van der Waals surface area contributed by atoms with Crippen molar-refractivity contribution in [3.8, 4) is 28.7 Å². The Morgan fingerprint density at radius 2 is 2.10 bits per heavy atom. The number of pyridine rings is 1. The van der Waals surface area contributed by atoms with Gasteiger partial charge in [-0.3, -0.25) is 4.98 Å². The minimum atomic E-state index is -0.466. The van der Waals surface area contributed by atoms with Gasteiger partial charge in [-0.1, -0.05) is 17.3 Å². The van der Waals surface area contributed by atoms with Crippen LogP contribution in [0.1, 0.15) is 6.92 Å². The SMILES string of the molecule is CCOc1c(F)cccc1-c1nc(-c2ccccn2)no1. The molecular formula is C15H12FN3O2. The van der Waals surface area contributed by atoms with E-state index in [4.69, 9.17) is 9.26 Å². The predicted octanol–water partition coefficient (Wildman–Crippen LogP) is 3.34. The van der Waals surface area contributed by atoms with Crippen LogP contribution in [0.4, 0.5) is 4.39 Å². The van der Waals surface area contributed by atoms with Gasteiger partial charge in [0.15, 0.2) is 11.6 Å². The Hall–Kier alpha value is -2.76. The molecule has 0 aliphatic carbocycles. The van der Waals surface area contributed by atoms with Gasteiger partial charge in [0.25, 0.3) is 5.89 Å². The molecule has 21 heavy (non-hydrogen) atoms. The normalized spacial score (nSPS) is 10.6. The van der Waals surface area contributed by atoms with E-state index >= 15 is 0 Å². The molecule has 0 fully saturated rings. The van der Waals surface area contributed by atoms with Gasteiger partial charge in [0.05, 0.1) is 12.2 Å². The summed E-state index contributed by atoms with van der Waals surface area (Å²) in [4.78, 5) is 8.39. The molecule has 0 spiro atoms. The van der Waals surface area contributed by atoms with Gasteiger partial charge in [-0.25, -0.2) is 4.39 Å². The highest BCUT2D eigenvalue weighted by Gasteiger charge is 2.18. The van der Waals surface area contributed by atoms with Crippen molar-refractivity contribution in [3.05, 3.63) is 48.4 Å². The van der Waals surface area contributed by atoms with Gasteiger partial charge in [0.2, 0.25) is 5.82 Å². The van der Waals surface area contributed by atoms with E-state index in [2.05, 4.69) is 15.1 Å². The molecule has 0 unspecified atom stereocenters. The lowest BCUT2D eigenvalue weighted by molar-refractivity contribution is 0.321. The third-order valence-electron chi connectivity index (χ3n) is 2.81. The van der Waals surface area contributed by atoms with Crippen LogP contribution >= 0.6 is 0 Å². The van der Waals surface area contributed by atoms with Crippen molar-refractivity contribution >= 4 is 0 Å². The Kier molecular flexibility index (Phi) is 3.59. The summed E-state index contributed by atoms with van der Waals surface area (Å²) in [5.74, 6) is 0.180. The van der Waals surface area contributed by atoms with Crippen molar-refractivity contribution in [2.45, 2.75) is 6.92 Å². The zero-order valence-corrected chi connectivity index (χ0v) is 11.3. The number of halogens is 1. The Morgan fingerprint density at radius 1 is 1.19 bits per heavy atom. The summed E-state index contributed by atoms with van der Waals surface area (Å²) < 4.78 is 24.3. The quantitative estimate of drug-likeness (QED) is 0.735. The van der Waals surface area contributed by atoms with E-state index in [0.29, 0.717) is 23.7 Å². The zero-order chi connectivity index (χ0) is 14.7. The van der Waals surface area contributed by atoms with E-state index in [-0.39, 0.29) is 11.6 Å². The fraction of sp³-hybridized carbons (Fsp3) is 0.133. The summed E-state index contributed by atoms with van der Waals surface area (Å²) in [5.41, 5.74) is 1.01. The van der Waals surface area contributed by atoms with Crippen molar-refractivity contribution in [3.63, 3.8) is 0 Å². The highest BCUT2D eigenvalue weighted by atomic mass is 19.1. The molecule has 0 atom stereocenters. The van der Waals surface area contributed by atoms with Crippen molar-refractivity contribution < 1.29 is 13.7 Å². The van der Waals surface area contributed by atoms with E-state index in [9.17, 15) is 4.39 Å². The molecule has 0 N–H and O–H groups in total. The zero-order valence-electron chi connectivity index (χ0n) is 11.3. The fourth-order valence-electron chi connectivity index (χ4n) is 1.90. The van der Waals surface area contributed by atoms with Crippen LogP contribution in [0.2, 0.25) is 0 Å². The van der Waals surface area contributed by atoms with Crippen LogP contribution in [0.3, 0.4) is 0 Å². The lowest BCUT2D eigenvalue weighted by Gasteiger charge is -2.07. The minimum absolute atomic E-state index is 0.108. The van der Waals surface area contributed by atoms with Crippen LogP contribution in [-0.2, 0) is 0 Å². The first-order valence-electron chi connectivity index (χ1n) is 6.46. The van der Waals surface area contributed by atoms with Gasteiger partial charge in [-0.05, 0) is 31.2 Å². The number of rotatable bonds is 4. The Balaban J connectivity index is 2.03. The highest BCUT2D eigenvalue weighted by Crippen LogP contribution is 2.32. The number of para-hydroxylation sites is 1. The molecule has 0 aliphatic heterocycles. The highest BCUT2D eigenvalue weighted by molar-refractivity contribution is 5.64. The first kappa shape index (κ1) is 13.2. The van der Waals surface area contributed by atoms with Crippen LogP contribution in [0.15, 0.2) is 47.1 Å². The van der Waals surface area contributed by atoms with Gasteiger partial charge < -0.3 is 9.26 Å². The minimum Gasteiger partial charge on any atom is -0.490 e. The first-order chi connectivity index (χ1) is 10.3. The second-order valence-electron chi connectivity index (χ2n) is 4.19. The molecule has 6 heteroatoms. The van der Waals surface area contributed by atoms with Crippen LogP contribution in [0, 0.1) is 5.82 Å². The molecule has 0 aliphatic rings. The summed E-state index contributed by atoms with van der Waals surface area (Å²) in [6.07, 6.45) is 1.64. The lowest BCUT2D eigenvalue weighted by atomic mass is 10.2. The number of nitrogens with zero attached hydrogens (tertiary/aromatic N) is 3. The van der Waals surface area contributed by atoms with Crippen molar-refractivity contribution in [1.82, 2.24) is 15.1 Å². The molecule has 2 aromatic heterocycles. The second kappa shape index (κ2) is 5.70. The number of aromatic nitrogens is 3. The molecule has 1 aromatic carbocycles. The van der Waals surface area contributed by atoms with Crippen molar-refractivity contribution in [2.24, 2.45) is 0 Å². The van der Waals surface area contributed by atoms with Crippen LogP contribution in [0.25, 0.3) is 23.0 Å².